The zero-order valence-electron chi connectivity index (χ0n) is 14.9. The van der Waals surface area contributed by atoms with Crippen LogP contribution in [0.3, 0.4) is 0 Å². The quantitative estimate of drug-likeness (QED) is 0.895. The van der Waals surface area contributed by atoms with Crippen LogP contribution >= 0.6 is 0 Å². The van der Waals surface area contributed by atoms with Crippen molar-refractivity contribution in [3.05, 3.63) is 48.3 Å². The summed E-state index contributed by atoms with van der Waals surface area (Å²) in [6.45, 7) is 6.85. The summed E-state index contributed by atoms with van der Waals surface area (Å²) in [5.74, 6) is 1.13. The number of anilines is 2. The van der Waals surface area contributed by atoms with Crippen molar-refractivity contribution in [2.45, 2.75) is 26.7 Å². The number of pyridine rings is 1. The first kappa shape index (κ1) is 17.3. The highest BCUT2D eigenvalue weighted by Crippen LogP contribution is 2.25. The lowest BCUT2D eigenvalue weighted by atomic mass is 10.00. The van der Waals surface area contributed by atoms with Gasteiger partial charge in [0, 0.05) is 13.1 Å². The summed E-state index contributed by atoms with van der Waals surface area (Å²) >= 11 is 0. The number of nitrogens with one attached hydrogen (secondary N) is 1. The lowest BCUT2D eigenvalue weighted by Crippen LogP contribution is -2.34. The number of para-hydroxylation sites is 2. The number of amides is 1. The molecule has 1 amide bonds. The Labute approximate surface area is 149 Å². The Morgan fingerprint density at radius 2 is 2.16 bits per heavy atom. The van der Waals surface area contributed by atoms with Crippen molar-refractivity contribution >= 4 is 17.3 Å². The fourth-order valence-corrected chi connectivity index (χ4v) is 3.17. The number of ether oxygens (including phenoxy) is 1. The van der Waals surface area contributed by atoms with E-state index in [9.17, 15) is 4.79 Å². The van der Waals surface area contributed by atoms with Gasteiger partial charge >= 0.3 is 0 Å². The second-order valence-electron chi connectivity index (χ2n) is 6.48. The Morgan fingerprint density at radius 1 is 1.32 bits per heavy atom. The summed E-state index contributed by atoms with van der Waals surface area (Å²) in [5, 5.41) is 2.88. The van der Waals surface area contributed by atoms with Crippen molar-refractivity contribution < 1.29 is 9.53 Å². The number of piperidine rings is 1. The Kier molecular flexibility index (Phi) is 5.53. The van der Waals surface area contributed by atoms with Gasteiger partial charge in [-0.15, -0.1) is 0 Å². The van der Waals surface area contributed by atoms with Gasteiger partial charge in [-0.05, 0) is 49.9 Å². The minimum atomic E-state index is -0.231. The van der Waals surface area contributed by atoms with Gasteiger partial charge in [-0.3, -0.25) is 4.79 Å². The van der Waals surface area contributed by atoms with Crippen molar-refractivity contribution in [2.75, 3.05) is 29.9 Å². The minimum absolute atomic E-state index is 0.231. The molecule has 0 aliphatic carbocycles. The number of aromatic nitrogens is 1. The van der Waals surface area contributed by atoms with Gasteiger partial charge in [0.15, 0.2) is 0 Å². The predicted octanol–water partition coefficient (Wildman–Crippen LogP) is 3.97. The highest BCUT2D eigenvalue weighted by molar-refractivity contribution is 6.03. The lowest BCUT2D eigenvalue weighted by Gasteiger charge is -2.32. The van der Waals surface area contributed by atoms with E-state index in [0.29, 0.717) is 29.7 Å². The third kappa shape index (κ3) is 4.29. The topological polar surface area (TPSA) is 54.5 Å². The molecule has 1 unspecified atom stereocenters. The molecule has 1 aromatic heterocycles. The van der Waals surface area contributed by atoms with Gasteiger partial charge < -0.3 is 15.0 Å². The molecule has 1 atom stereocenters. The maximum atomic E-state index is 12.5. The Bertz CT molecular complexity index is 715. The SMILES string of the molecule is CCOc1ccccc1NC(=O)c1ccc(N2CCCC(C)C2)cn1. The Balaban J connectivity index is 1.69. The van der Waals surface area contributed by atoms with Crippen molar-refractivity contribution in [3.63, 3.8) is 0 Å². The van der Waals surface area contributed by atoms with Crippen LogP contribution in [0.25, 0.3) is 0 Å². The average Bonchev–Trinajstić information content (AvgIpc) is 2.64. The zero-order chi connectivity index (χ0) is 17.6. The maximum Gasteiger partial charge on any atom is 0.274 e. The smallest absolute Gasteiger partial charge is 0.274 e. The van der Waals surface area contributed by atoms with Gasteiger partial charge in [-0.1, -0.05) is 19.1 Å². The second kappa shape index (κ2) is 8.01. The number of nitrogens with zero attached hydrogens (tertiary/aromatic N) is 2. The Hall–Kier alpha value is -2.56. The number of hydrogen-bond acceptors (Lipinski definition) is 4. The molecular weight excluding hydrogens is 314 g/mol. The van der Waals surface area contributed by atoms with E-state index in [1.807, 2.05) is 37.3 Å². The normalized spacial score (nSPS) is 17.2. The van der Waals surface area contributed by atoms with E-state index in [2.05, 4.69) is 22.1 Å². The number of carbonyl (C=O) groups is 1. The van der Waals surface area contributed by atoms with Crippen LogP contribution in [-0.4, -0.2) is 30.6 Å². The van der Waals surface area contributed by atoms with Gasteiger partial charge in [0.2, 0.25) is 0 Å². The third-order valence-electron chi connectivity index (χ3n) is 4.44. The molecule has 1 aliphatic heterocycles. The number of rotatable bonds is 5. The van der Waals surface area contributed by atoms with Crippen LogP contribution in [0.5, 0.6) is 5.75 Å². The predicted molar refractivity (Wildman–Crippen MR) is 100 cm³/mol. The summed E-state index contributed by atoms with van der Waals surface area (Å²) in [5.41, 5.74) is 2.14. The van der Waals surface area contributed by atoms with Gasteiger partial charge in [0.05, 0.1) is 24.2 Å². The summed E-state index contributed by atoms with van der Waals surface area (Å²) in [6.07, 6.45) is 4.28. The molecule has 5 nitrogen and oxygen atoms in total. The van der Waals surface area contributed by atoms with Crippen molar-refractivity contribution in [2.24, 2.45) is 5.92 Å². The van der Waals surface area contributed by atoms with Crippen molar-refractivity contribution in [1.82, 2.24) is 4.98 Å². The van der Waals surface area contributed by atoms with Crippen LogP contribution in [0.1, 0.15) is 37.2 Å². The molecule has 2 aromatic rings. The molecule has 5 heteroatoms. The molecule has 0 saturated carbocycles. The number of hydrogen-bond donors (Lipinski definition) is 1. The molecule has 1 aliphatic rings. The van der Waals surface area contributed by atoms with Crippen LogP contribution in [0.2, 0.25) is 0 Å². The van der Waals surface area contributed by atoms with Gasteiger partial charge in [0.25, 0.3) is 5.91 Å². The monoisotopic (exact) mass is 339 g/mol. The highest BCUT2D eigenvalue weighted by Gasteiger charge is 2.17. The maximum absolute atomic E-state index is 12.5. The minimum Gasteiger partial charge on any atom is -0.492 e. The van der Waals surface area contributed by atoms with E-state index in [1.165, 1.54) is 12.8 Å². The molecule has 3 rings (SSSR count). The molecule has 1 fully saturated rings. The summed E-state index contributed by atoms with van der Waals surface area (Å²) < 4.78 is 5.54. The van der Waals surface area contributed by atoms with Crippen LogP contribution in [-0.2, 0) is 0 Å². The zero-order valence-corrected chi connectivity index (χ0v) is 14.9. The molecule has 0 radical (unpaired) electrons. The first-order valence-electron chi connectivity index (χ1n) is 8.91. The van der Waals surface area contributed by atoms with Gasteiger partial charge in [-0.2, -0.15) is 0 Å². The number of carbonyl (C=O) groups excluding carboxylic acids is 1. The van der Waals surface area contributed by atoms with E-state index in [-0.39, 0.29) is 5.91 Å². The third-order valence-corrected chi connectivity index (χ3v) is 4.44. The van der Waals surface area contributed by atoms with Crippen LogP contribution in [0.15, 0.2) is 42.6 Å². The number of benzene rings is 1. The van der Waals surface area contributed by atoms with E-state index >= 15 is 0 Å². The van der Waals surface area contributed by atoms with Crippen LogP contribution in [0.4, 0.5) is 11.4 Å². The molecule has 1 aromatic carbocycles. The van der Waals surface area contributed by atoms with Crippen LogP contribution < -0.4 is 15.0 Å². The average molecular weight is 339 g/mol. The summed E-state index contributed by atoms with van der Waals surface area (Å²) in [4.78, 5) is 19.2. The van der Waals surface area contributed by atoms with E-state index < -0.39 is 0 Å². The van der Waals surface area contributed by atoms with E-state index in [0.717, 1.165) is 18.8 Å². The highest BCUT2D eigenvalue weighted by atomic mass is 16.5. The standard InChI is InChI=1S/C20H25N3O2/c1-3-25-19-9-5-4-8-17(19)22-20(24)18-11-10-16(13-21-18)23-12-6-7-15(2)14-23/h4-5,8-11,13,15H,3,6-7,12,14H2,1-2H3,(H,22,24). The molecule has 0 bridgehead atoms. The van der Waals surface area contributed by atoms with Crippen LogP contribution in [0, 0.1) is 5.92 Å². The fraction of sp³-hybridized carbons (Fsp3) is 0.400. The fourth-order valence-electron chi connectivity index (χ4n) is 3.17. The summed E-state index contributed by atoms with van der Waals surface area (Å²) in [6, 6.07) is 11.2. The first-order valence-corrected chi connectivity index (χ1v) is 8.91. The molecule has 0 spiro atoms. The van der Waals surface area contributed by atoms with Gasteiger partial charge in [0.1, 0.15) is 11.4 Å². The van der Waals surface area contributed by atoms with Crippen molar-refractivity contribution in [1.29, 1.82) is 0 Å². The van der Waals surface area contributed by atoms with E-state index in [1.54, 1.807) is 12.3 Å². The molecular formula is C20H25N3O2. The van der Waals surface area contributed by atoms with Crippen molar-refractivity contribution in [3.8, 4) is 5.75 Å². The lowest BCUT2D eigenvalue weighted by molar-refractivity contribution is 0.102. The molecule has 25 heavy (non-hydrogen) atoms. The molecule has 132 valence electrons. The largest absolute Gasteiger partial charge is 0.492 e. The second-order valence-corrected chi connectivity index (χ2v) is 6.48. The molecule has 1 saturated heterocycles. The van der Waals surface area contributed by atoms with Gasteiger partial charge in [-0.25, -0.2) is 4.98 Å². The van der Waals surface area contributed by atoms with E-state index in [4.69, 9.17) is 4.74 Å². The Morgan fingerprint density at radius 3 is 2.88 bits per heavy atom. The first-order chi connectivity index (χ1) is 12.2. The molecule has 1 N–H and O–H groups in total. The molecule has 2 heterocycles. The summed E-state index contributed by atoms with van der Waals surface area (Å²) in [7, 11) is 0.